The van der Waals surface area contributed by atoms with Crippen LogP contribution in [0.15, 0.2) is 67.0 Å². The Hall–Kier alpha value is -3.45. The lowest BCUT2D eigenvalue weighted by molar-refractivity contribution is -0.150. The SMILES string of the molecule is CCOC(=O)[C@H]1CCC[C@H](C(=O)NC(c2ccc(Oc3ccccc3)cc2)c2nccnc2Cl)C1. The molecule has 8 heteroatoms. The summed E-state index contributed by atoms with van der Waals surface area (Å²) in [7, 11) is 0. The third-order valence-corrected chi connectivity index (χ3v) is 6.39. The molecule has 35 heavy (non-hydrogen) atoms. The van der Waals surface area contributed by atoms with E-state index in [9.17, 15) is 9.59 Å². The van der Waals surface area contributed by atoms with E-state index in [1.54, 1.807) is 13.1 Å². The molecule has 182 valence electrons. The molecule has 0 bridgehead atoms. The van der Waals surface area contributed by atoms with Crippen molar-refractivity contribution in [3.8, 4) is 11.5 Å². The number of nitrogens with zero attached hydrogens (tertiary/aromatic N) is 2. The summed E-state index contributed by atoms with van der Waals surface area (Å²) in [5.74, 6) is 0.474. The second-order valence-electron chi connectivity index (χ2n) is 8.47. The number of benzene rings is 2. The quantitative estimate of drug-likeness (QED) is 0.417. The molecular formula is C27H28ClN3O4. The summed E-state index contributed by atoms with van der Waals surface area (Å²) < 4.78 is 11.1. The number of rotatable bonds is 8. The maximum Gasteiger partial charge on any atom is 0.308 e. The van der Waals surface area contributed by atoms with Crippen LogP contribution in [0.1, 0.15) is 49.9 Å². The molecule has 7 nitrogen and oxygen atoms in total. The molecule has 4 rings (SSSR count). The number of carbonyl (C=O) groups excluding carboxylic acids is 2. The van der Waals surface area contributed by atoms with Crippen LogP contribution in [0.5, 0.6) is 11.5 Å². The van der Waals surface area contributed by atoms with Crippen molar-refractivity contribution in [3.05, 3.63) is 83.4 Å². The molecule has 3 aromatic rings. The number of para-hydroxylation sites is 1. The molecule has 0 saturated heterocycles. The number of carbonyl (C=O) groups is 2. The Morgan fingerprint density at radius 1 is 1.00 bits per heavy atom. The van der Waals surface area contributed by atoms with Crippen LogP contribution in [0.4, 0.5) is 0 Å². The van der Waals surface area contributed by atoms with Gasteiger partial charge in [-0.05, 0) is 56.0 Å². The average Bonchev–Trinajstić information content (AvgIpc) is 2.89. The van der Waals surface area contributed by atoms with Crippen LogP contribution in [0.3, 0.4) is 0 Å². The lowest BCUT2D eigenvalue weighted by Gasteiger charge is -2.29. The van der Waals surface area contributed by atoms with Gasteiger partial charge in [0.2, 0.25) is 5.91 Å². The minimum atomic E-state index is -0.600. The van der Waals surface area contributed by atoms with Crippen LogP contribution in [-0.2, 0) is 14.3 Å². The number of ether oxygens (including phenoxy) is 2. The van der Waals surface area contributed by atoms with E-state index in [0.717, 1.165) is 24.2 Å². The number of nitrogens with one attached hydrogen (secondary N) is 1. The molecule has 0 aliphatic heterocycles. The summed E-state index contributed by atoms with van der Waals surface area (Å²) in [5.41, 5.74) is 1.25. The Labute approximate surface area is 209 Å². The highest BCUT2D eigenvalue weighted by Crippen LogP contribution is 2.33. The Morgan fingerprint density at radius 3 is 2.40 bits per heavy atom. The molecule has 0 radical (unpaired) electrons. The van der Waals surface area contributed by atoms with E-state index in [1.807, 2.05) is 54.6 Å². The van der Waals surface area contributed by atoms with Gasteiger partial charge in [-0.2, -0.15) is 0 Å². The van der Waals surface area contributed by atoms with Gasteiger partial charge in [0.15, 0.2) is 5.15 Å². The number of aromatic nitrogens is 2. The Morgan fingerprint density at radius 2 is 1.69 bits per heavy atom. The Kier molecular flexibility index (Phi) is 8.32. The highest BCUT2D eigenvalue weighted by atomic mass is 35.5. The van der Waals surface area contributed by atoms with Gasteiger partial charge >= 0.3 is 5.97 Å². The van der Waals surface area contributed by atoms with Gasteiger partial charge in [0, 0.05) is 18.3 Å². The van der Waals surface area contributed by atoms with E-state index in [-0.39, 0.29) is 28.9 Å². The fourth-order valence-electron chi connectivity index (χ4n) is 4.35. The Balaban J connectivity index is 1.53. The summed E-state index contributed by atoms with van der Waals surface area (Å²) in [6.07, 6.45) is 5.77. The van der Waals surface area contributed by atoms with Crippen LogP contribution < -0.4 is 10.1 Å². The van der Waals surface area contributed by atoms with Gasteiger partial charge in [-0.15, -0.1) is 0 Å². The molecule has 1 fully saturated rings. The molecule has 1 aliphatic rings. The number of hydrogen-bond acceptors (Lipinski definition) is 6. The second-order valence-corrected chi connectivity index (χ2v) is 8.83. The van der Waals surface area contributed by atoms with Gasteiger partial charge in [-0.1, -0.05) is 48.4 Å². The monoisotopic (exact) mass is 493 g/mol. The van der Waals surface area contributed by atoms with Gasteiger partial charge in [-0.3, -0.25) is 14.6 Å². The number of esters is 1. The van der Waals surface area contributed by atoms with E-state index in [0.29, 0.717) is 30.9 Å². The fraction of sp³-hybridized carbons (Fsp3) is 0.333. The molecule has 1 saturated carbocycles. The summed E-state index contributed by atoms with van der Waals surface area (Å²) in [6, 6.07) is 16.3. The van der Waals surface area contributed by atoms with Crippen LogP contribution >= 0.6 is 11.6 Å². The van der Waals surface area contributed by atoms with Gasteiger partial charge in [0.25, 0.3) is 0 Å². The fourth-order valence-corrected chi connectivity index (χ4v) is 4.56. The minimum absolute atomic E-state index is 0.143. The molecule has 3 atom stereocenters. The third kappa shape index (κ3) is 6.36. The summed E-state index contributed by atoms with van der Waals surface area (Å²) in [4.78, 5) is 34.1. The summed E-state index contributed by atoms with van der Waals surface area (Å²) in [5, 5.41) is 3.32. The molecule has 0 spiro atoms. The molecule has 1 aliphatic carbocycles. The maximum atomic E-state index is 13.3. The smallest absolute Gasteiger partial charge is 0.308 e. The normalized spacial score (nSPS) is 18.3. The molecule has 1 aromatic heterocycles. The van der Waals surface area contributed by atoms with Crippen molar-refractivity contribution in [2.24, 2.45) is 11.8 Å². The van der Waals surface area contributed by atoms with E-state index in [2.05, 4.69) is 15.3 Å². The van der Waals surface area contributed by atoms with Gasteiger partial charge in [0.05, 0.1) is 18.6 Å². The van der Waals surface area contributed by atoms with E-state index >= 15 is 0 Å². The van der Waals surface area contributed by atoms with Crippen molar-refractivity contribution in [2.75, 3.05) is 6.61 Å². The standard InChI is InChI=1S/C27H28ClN3O4/c1-2-34-27(33)20-8-6-7-19(17-20)26(32)31-23(24-25(28)30-16-15-29-24)18-11-13-22(14-12-18)35-21-9-4-3-5-10-21/h3-5,9-16,19-20,23H,2,6-8,17H2,1H3,(H,31,32)/t19-,20-,23?/m0/s1. The third-order valence-electron chi connectivity index (χ3n) is 6.10. The number of hydrogen-bond donors (Lipinski definition) is 1. The lowest BCUT2D eigenvalue weighted by atomic mass is 9.80. The molecule has 1 unspecified atom stereocenters. The predicted octanol–water partition coefficient (Wildman–Crippen LogP) is 5.50. The van der Waals surface area contributed by atoms with Crippen molar-refractivity contribution in [1.82, 2.24) is 15.3 Å². The first-order valence-corrected chi connectivity index (χ1v) is 12.2. The zero-order valence-electron chi connectivity index (χ0n) is 19.5. The predicted molar refractivity (Wildman–Crippen MR) is 132 cm³/mol. The van der Waals surface area contributed by atoms with E-state index in [4.69, 9.17) is 21.1 Å². The van der Waals surface area contributed by atoms with E-state index < -0.39 is 6.04 Å². The number of amides is 1. The average molecular weight is 494 g/mol. The van der Waals surface area contributed by atoms with Crippen LogP contribution in [0, 0.1) is 11.8 Å². The summed E-state index contributed by atoms with van der Waals surface area (Å²) in [6.45, 7) is 2.12. The first-order valence-electron chi connectivity index (χ1n) is 11.8. The molecule has 1 N–H and O–H groups in total. The van der Waals surface area contributed by atoms with Gasteiger partial charge in [-0.25, -0.2) is 4.98 Å². The first kappa shape index (κ1) is 24.7. The molecule has 2 aromatic carbocycles. The lowest BCUT2D eigenvalue weighted by Crippen LogP contribution is -2.38. The van der Waals surface area contributed by atoms with Crippen molar-refractivity contribution in [2.45, 2.75) is 38.6 Å². The topological polar surface area (TPSA) is 90.4 Å². The van der Waals surface area contributed by atoms with Crippen molar-refractivity contribution >= 4 is 23.5 Å². The first-order chi connectivity index (χ1) is 17.0. The number of halogens is 1. The largest absolute Gasteiger partial charge is 0.466 e. The van der Waals surface area contributed by atoms with Crippen molar-refractivity contribution < 1.29 is 19.1 Å². The van der Waals surface area contributed by atoms with Crippen LogP contribution in [0.25, 0.3) is 0 Å². The summed E-state index contributed by atoms with van der Waals surface area (Å²) >= 11 is 6.37. The molecular weight excluding hydrogens is 466 g/mol. The van der Waals surface area contributed by atoms with Crippen LogP contribution in [0.2, 0.25) is 5.15 Å². The van der Waals surface area contributed by atoms with Crippen molar-refractivity contribution in [1.29, 1.82) is 0 Å². The Bertz CT molecular complexity index is 1140. The zero-order chi connectivity index (χ0) is 24.6. The minimum Gasteiger partial charge on any atom is -0.466 e. The van der Waals surface area contributed by atoms with Crippen molar-refractivity contribution in [3.63, 3.8) is 0 Å². The van der Waals surface area contributed by atoms with Gasteiger partial charge < -0.3 is 14.8 Å². The van der Waals surface area contributed by atoms with E-state index in [1.165, 1.54) is 6.20 Å². The zero-order valence-corrected chi connectivity index (χ0v) is 20.3. The highest BCUT2D eigenvalue weighted by Gasteiger charge is 2.33. The molecule has 1 amide bonds. The second kappa shape index (κ2) is 11.8. The van der Waals surface area contributed by atoms with Gasteiger partial charge in [0.1, 0.15) is 17.2 Å². The van der Waals surface area contributed by atoms with Crippen LogP contribution in [-0.4, -0.2) is 28.5 Å². The molecule has 1 heterocycles. The highest BCUT2D eigenvalue weighted by molar-refractivity contribution is 6.30. The maximum absolute atomic E-state index is 13.3.